The van der Waals surface area contributed by atoms with Crippen molar-refractivity contribution in [3.8, 4) is 0 Å². The van der Waals surface area contributed by atoms with E-state index in [1.54, 1.807) is 24.7 Å². The quantitative estimate of drug-likeness (QED) is 0.703. The van der Waals surface area contributed by atoms with Gasteiger partial charge in [-0.15, -0.1) is 0 Å². The van der Waals surface area contributed by atoms with Gasteiger partial charge in [0.25, 0.3) is 0 Å². The average molecular weight is 311 g/mol. The van der Waals surface area contributed by atoms with Crippen LogP contribution in [0.3, 0.4) is 0 Å². The van der Waals surface area contributed by atoms with E-state index >= 15 is 0 Å². The maximum Gasteiger partial charge on any atom is 0.242 e. The first kappa shape index (κ1) is 15.7. The molecule has 3 N–H and O–H groups in total. The van der Waals surface area contributed by atoms with E-state index in [1.807, 2.05) is 25.5 Å². The smallest absolute Gasteiger partial charge is 0.242 e. The molecule has 7 nitrogen and oxygen atoms in total. The van der Waals surface area contributed by atoms with Crippen LogP contribution in [0.25, 0.3) is 0 Å². The third-order valence-electron chi connectivity index (χ3n) is 3.07. The van der Waals surface area contributed by atoms with Crippen LogP contribution < -0.4 is 10.0 Å². The Balaban J connectivity index is 2.07. The molecule has 0 aliphatic heterocycles. The van der Waals surface area contributed by atoms with Gasteiger partial charge in [-0.25, -0.2) is 18.1 Å². The SMILES string of the molecule is CC(C)NCc1cc(S(=O)(=O)NCc2ncc[nH]2)cn1C. The molecule has 0 saturated carbocycles. The summed E-state index contributed by atoms with van der Waals surface area (Å²) in [4.78, 5) is 7.11. The standard InChI is InChI=1S/C13H21N5O2S/c1-10(2)16-7-11-6-12(9-18(11)3)21(19,20)17-8-13-14-4-5-15-13/h4-6,9-10,16-17H,7-8H2,1-3H3,(H,14,15). The van der Waals surface area contributed by atoms with Crippen LogP contribution in [0.5, 0.6) is 0 Å². The molecule has 2 heterocycles. The minimum atomic E-state index is -3.54. The van der Waals surface area contributed by atoms with E-state index in [0.29, 0.717) is 18.4 Å². The van der Waals surface area contributed by atoms with Crippen molar-refractivity contribution in [2.45, 2.75) is 37.9 Å². The predicted molar refractivity (Wildman–Crippen MR) is 80.0 cm³/mol. The molecule has 2 aromatic rings. The lowest BCUT2D eigenvalue weighted by atomic mass is 10.3. The molecule has 0 aliphatic rings. The largest absolute Gasteiger partial charge is 0.352 e. The number of sulfonamides is 1. The summed E-state index contributed by atoms with van der Waals surface area (Å²) in [5.74, 6) is 0.580. The summed E-state index contributed by atoms with van der Waals surface area (Å²) < 4.78 is 28.8. The van der Waals surface area contributed by atoms with Crippen molar-refractivity contribution >= 4 is 10.0 Å². The van der Waals surface area contributed by atoms with Crippen LogP contribution in [0.1, 0.15) is 25.4 Å². The van der Waals surface area contributed by atoms with E-state index in [0.717, 1.165) is 5.69 Å². The van der Waals surface area contributed by atoms with E-state index < -0.39 is 10.0 Å². The highest BCUT2D eigenvalue weighted by Crippen LogP contribution is 2.13. The maximum atomic E-state index is 12.2. The molecular weight excluding hydrogens is 290 g/mol. The summed E-state index contributed by atoms with van der Waals surface area (Å²) in [6.45, 7) is 4.86. The number of aromatic amines is 1. The molecule has 0 fully saturated rings. The number of rotatable bonds is 7. The zero-order chi connectivity index (χ0) is 15.5. The molecule has 2 aromatic heterocycles. The number of nitrogens with zero attached hydrogens (tertiary/aromatic N) is 2. The van der Waals surface area contributed by atoms with Crippen molar-refractivity contribution in [3.05, 3.63) is 36.2 Å². The highest BCUT2D eigenvalue weighted by Gasteiger charge is 2.17. The highest BCUT2D eigenvalue weighted by molar-refractivity contribution is 7.89. The zero-order valence-electron chi connectivity index (χ0n) is 12.4. The Hall–Kier alpha value is -1.64. The van der Waals surface area contributed by atoms with Crippen LogP contribution in [-0.2, 0) is 30.2 Å². The first-order chi connectivity index (χ1) is 9.88. The van der Waals surface area contributed by atoms with Gasteiger partial charge in [-0.1, -0.05) is 13.8 Å². The minimum absolute atomic E-state index is 0.143. The second-order valence-corrected chi connectivity index (χ2v) is 6.94. The third-order valence-corrected chi connectivity index (χ3v) is 4.44. The molecule has 0 atom stereocenters. The molecule has 0 aromatic carbocycles. The number of hydrogen-bond donors (Lipinski definition) is 3. The minimum Gasteiger partial charge on any atom is -0.352 e. The Morgan fingerprint density at radius 2 is 2.14 bits per heavy atom. The summed E-state index contributed by atoms with van der Waals surface area (Å²) in [5, 5.41) is 3.27. The van der Waals surface area contributed by atoms with E-state index in [4.69, 9.17) is 0 Å². The lowest BCUT2D eigenvalue weighted by Crippen LogP contribution is -2.23. The number of aromatic nitrogens is 3. The van der Waals surface area contributed by atoms with Crippen LogP contribution in [0, 0.1) is 0 Å². The second-order valence-electron chi connectivity index (χ2n) is 5.17. The molecular formula is C13H21N5O2S. The van der Waals surface area contributed by atoms with Crippen molar-refractivity contribution in [2.24, 2.45) is 7.05 Å². The lowest BCUT2D eigenvalue weighted by Gasteiger charge is -2.08. The van der Waals surface area contributed by atoms with Gasteiger partial charge in [0.1, 0.15) is 5.82 Å². The first-order valence-electron chi connectivity index (χ1n) is 6.75. The fourth-order valence-electron chi connectivity index (χ4n) is 1.85. The van der Waals surface area contributed by atoms with Gasteiger partial charge in [-0.2, -0.15) is 0 Å². The van der Waals surface area contributed by atoms with Crippen LogP contribution in [0.2, 0.25) is 0 Å². The summed E-state index contributed by atoms with van der Waals surface area (Å²) in [5.41, 5.74) is 0.919. The van der Waals surface area contributed by atoms with Crippen molar-refractivity contribution in [2.75, 3.05) is 0 Å². The molecule has 0 radical (unpaired) electrons. The van der Waals surface area contributed by atoms with Gasteiger partial charge < -0.3 is 14.9 Å². The Morgan fingerprint density at radius 3 is 2.76 bits per heavy atom. The molecule has 0 spiro atoms. The number of aryl methyl sites for hydroxylation is 1. The zero-order valence-corrected chi connectivity index (χ0v) is 13.2. The summed E-state index contributed by atoms with van der Waals surface area (Å²) in [6.07, 6.45) is 4.85. The van der Waals surface area contributed by atoms with E-state index in [9.17, 15) is 8.42 Å². The third kappa shape index (κ3) is 4.16. The van der Waals surface area contributed by atoms with Crippen molar-refractivity contribution in [1.29, 1.82) is 0 Å². The fraction of sp³-hybridized carbons (Fsp3) is 0.462. The molecule has 0 aliphatic carbocycles. The van der Waals surface area contributed by atoms with Gasteiger partial charge in [0.2, 0.25) is 10.0 Å². The fourth-order valence-corrected chi connectivity index (χ4v) is 2.93. The van der Waals surface area contributed by atoms with Crippen molar-refractivity contribution in [1.82, 2.24) is 24.6 Å². The number of imidazole rings is 1. The summed E-state index contributed by atoms with van der Waals surface area (Å²) in [7, 11) is -1.70. The van der Waals surface area contributed by atoms with Gasteiger partial charge in [-0.05, 0) is 6.07 Å². The van der Waals surface area contributed by atoms with Gasteiger partial charge in [0.15, 0.2) is 0 Å². The first-order valence-corrected chi connectivity index (χ1v) is 8.23. The second kappa shape index (κ2) is 6.42. The summed E-state index contributed by atoms with van der Waals surface area (Å²) in [6, 6.07) is 2.02. The molecule has 0 amide bonds. The summed E-state index contributed by atoms with van der Waals surface area (Å²) >= 11 is 0. The Kier molecular flexibility index (Phi) is 4.81. The molecule has 0 unspecified atom stereocenters. The predicted octanol–water partition coefficient (Wildman–Crippen LogP) is 0.725. The van der Waals surface area contributed by atoms with E-state index in [-0.39, 0.29) is 11.4 Å². The van der Waals surface area contributed by atoms with Gasteiger partial charge >= 0.3 is 0 Å². The molecule has 8 heteroatoms. The van der Waals surface area contributed by atoms with Crippen LogP contribution >= 0.6 is 0 Å². The van der Waals surface area contributed by atoms with Crippen molar-refractivity contribution in [3.63, 3.8) is 0 Å². The van der Waals surface area contributed by atoms with Crippen molar-refractivity contribution < 1.29 is 8.42 Å². The van der Waals surface area contributed by atoms with Crippen LogP contribution in [0.4, 0.5) is 0 Å². The Labute approximate surface area is 124 Å². The van der Waals surface area contributed by atoms with Gasteiger partial charge in [0.05, 0.1) is 11.4 Å². The maximum absolute atomic E-state index is 12.2. The molecule has 0 bridgehead atoms. The number of H-pyrrole nitrogens is 1. The highest BCUT2D eigenvalue weighted by atomic mass is 32.2. The van der Waals surface area contributed by atoms with E-state index in [1.165, 1.54) is 0 Å². The Morgan fingerprint density at radius 1 is 1.38 bits per heavy atom. The van der Waals surface area contributed by atoms with Gasteiger partial charge in [0, 0.05) is 43.9 Å². The molecule has 21 heavy (non-hydrogen) atoms. The monoisotopic (exact) mass is 311 g/mol. The normalized spacial score (nSPS) is 12.2. The Bertz CT molecular complexity index is 673. The number of nitrogens with one attached hydrogen (secondary N) is 3. The van der Waals surface area contributed by atoms with Crippen LogP contribution in [0.15, 0.2) is 29.6 Å². The molecule has 116 valence electrons. The topological polar surface area (TPSA) is 91.8 Å². The lowest BCUT2D eigenvalue weighted by molar-refractivity contribution is 0.571. The van der Waals surface area contributed by atoms with Crippen LogP contribution in [-0.4, -0.2) is 29.0 Å². The van der Waals surface area contributed by atoms with Gasteiger partial charge in [-0.3, -0.25) is 0 Å². The number of hydrogen-bond acceptors (Lipinski definition) is 4. The average Bonchev–Trinajstić information content (AvgIpc) is 3.04. The molecule has 0 saturated heterocycles. The molecule has 2 rings (SSSR count). The van der Waals surface area contributed by atoms with E-state index in [2.05, 4.69) is 20.0 Å².